The average molecular weight is 256 g/mol. The molecule has 1 unspecified atom stereocenters. The van der Waals surface area contributed by atoms with Gasteiger partial charge in [-0.25, -0.2) is 4.98 Å². The van der Waals surface area contributed by atoms with E-state index in [9.17, 15) is 0 Å². The zero-order valence-corrected chi connectivity index (χ0v) is 11.5. The molecular weight excluding hydrogens is 236 g/mol. The Morgan fingerprint density at radius 2 is 2.05 bits per heavy atom. The molecule has 0 radical (unpaired) electrons. The smallest absolute Gasteiger partial charge is 0.219 e. The van der Waals surface area contributed by atoms with Gasteiger partial charge in [-0.05, 0) is 43.0 Å². The molecule has 100 valence electrons. The zero-order chi connectivity index (χ0) is 13.7. The van der Waals surface area contributed by atoms with Crippen molar-refractivity contribution in [3.8, 4) is 11.6 Å². The first-order valence-corrected chi connectivity index (χ1v) is 6.64. The number of hydrogen-bond acceptors (Lipinski definition) is 3. The van der Waals surface area contributed by atoms with E-state index in [1.807, 2.05) is 43.5 Å². The summed E-state index contributed by atoms with van der Waals surface area (Å²) in [5.74, 6) is 1.44. The lowest BCUT2D eigenvalue weighted by molar-refractivity contribution is 0.462. The van der Waals surface area contributed by atoms with Gasteiger partial charge in [-0.3, -0.25) is 0 Å². The second-order valence-electron chi connectivity index (χ2n) is 4.79. The number of hydrogen-bond donors (Lipinski definition) is 1. The molecule has 1 heterocycles. The van der Waals surface area contributed by atoms with Gasteiger partial charge in [-0.1, -0.05) is 25.1 Å². The lowest BCUT2D eigenvalue weighted by Gasteiger charge is -2.08. The Morgan fingerprint density at radius 3 is 2.68 bits per heavy atom. The molecule has 3 nitrogen and oxygen atoms in total. The third kappa shape index (κ3) is 4.07. The van der Waals surface area contributed by atoms with Crippen LogP contribution in [-0.2, 0) is 12.8 Å². The quantitative estimate of drug-likeness (QED) is 0.892. The molecule has 0 aliphatic carbocycles. The van der Waals surface area contributed by atoms with E-state index in [4.69, 9.17) is 10.5 Å². The minimum atomic E-state index is 0.148. The summed E-state index contributed by atoms with van der Waals surface area (Å²) in [7, 11) is 0. The molecule has 1 aromatic carbocycles. The number of rotatable bonds is 5. The molecule has 0 aliphatic rings. The van der Waals surface area contributed by atoms with Crippen molar-refractivity contribution in [3.05, 3.63) is 53.7 Å². The molecular formula is C16H20N2O. The molecule has 0 aliphatic heterocycles. The summed E-state index contributed by atoms with van der Waals surface area (Å²) < 4.78 is 5.74. The molecule has 2 N–H and O–H groups in total. The van der Waals surface area contributed by atoms with E-state index in [1.54, 1.807) is 0 Å². The molecule has 0 bridgehead atoms. The van der Waals surface area contributed by atoms with Gasteiger partial charge in [0.1, 0.15) is 5.75 Å². The molecule has 19 heavy (non-hydrogen) atoms. The third-order valence-electron chi connectivity index (χ3n) is 2.88. The topological polar surface area (TPSA) is 48.1 Å². The first-order valence-electron chi connectivity index (χ1n) is 6.64. The van der Waals surface area contributed by atoms with Crippen LogP contribution in [0, 0.1) is 0 Å². The van der Waals surface area contributed by atoms with Crippen LogP contribution in [-0.4, -0.2) is 11.0 Å². The molecule has 0 saturated heterocycles. The normalized spacial score (nSPS) is 12.2. The number of aromatic nitrogens is 1. The maximum absolute atomic E-state index is 5.76. The van der Waals surface area contributed by atoms with E-state index in [2.05, 4.69) is 18.0 Å². The van der Waals surface area contributed by atoms with Gasteiger partial charge in [-0.15, -0.1) is 0 Å². The van der Waals surface area contributed by atoms with Gasteiger partial charge in [0.05, 0.1) is 0 Å². The maximum Gasteiger partial charge on any atom is 0.219 e. The van der Waals surface area contributed by atoms with Crippen molar-refractivity contribution < 1.29 is 4.74 Å². The summed E-state index contributed by atoms with van der Waals surface area (Å²) in [5, 5.41) is 0. The SMILES string of the molecule is CCc1cccc(Oc2ccc(CC(C)N)cn2)c1. The summed E-state index contributed by atoms with van der Waals surface area (Å²) in [6, 6.07) is 12.1. The third-order valence-corrected chi connectivity index (χ3v) is 2.88. The molecule has 0 amide bonds. The lowest BCUT2D eigenvalue weighted by atomic mass is 10.1. The Hall–Kier alpha value is -1.87. The van der Waals surface area contributed by atoms with Crippen LogP contribution in [0.4, 0.5) is 0 Å². The van der Waals surface area contributed by atoms with Crippen molar-refractivity contribution in [2.45, 2.75) is 32.7 Å². The average Bonchev–Trinajstić information content (AvgIpc) is 2.41. The van der Waals surface area contributed by atoms with Crippen LogP contribution in [0.25, 0.3) is 0 Å². The highest BCUT2D eigenvalue weighted by atomic mass is 16.5. The molecule has 0 spiro atoms. The monoisotopic (exact) mass is 256 g/mol. The van der Waals surface area contributed by atoms with E-state index in [-0.39, 0.29) is 6.04 Å². The summed E-state index contributed by atoms with van der Waals surface area (Å²) >= 11 is 0. The molecule has 2 rings (SSSR count). The fourth-order valence-corrected chi connectivity index (χ4v) is 1.91. The fraction of sp³-hybridized carbons (Fsp3) is 0.312. The van der Waals surface area contributed by atoms with Gasteiger partial charge in [-0.2, -0.15) is 0 Å². The van der Waals surface area contributed by atoms with Crippen molar-refractivity contribution in [1.29, 1.82) is 0 Å². The van der Waals surface area contributed by atoms with E-state index >= 15 is 0 Å². The maximum atomic E-state index is 5.76. The molecule has 3 heteroatoms. The van der Waals surface area contributed by atoms with Crippen LogP contribution in [0.15, 0.2) is 42.6 Å². The highest BCUT2D eigenvalue weighted by Gasteiger charge is 2.02. The van der Waals surface area contributed by atoms with E-state index in [0.717, 1.165) is 24.2 Å². The van der Waals surface area contributed by atoms with Crippen molar-refractivity contribution in [3.63, 3.8) is 0 Å². The predicted octanol–water partition coefficient (Wildman–Crippen LogP) is 3.33. The van der Waals surface area contributed by atoms with Crippen LogP contribution in [0.2, 0.25) is 0 Å². The number of benzene rings is 1. The summed E-state index contributed by atoms with van der Waals surface area (Å²) in [6.07, 6.45) is 3.65. The zero-order valence-electron chi connectivity index (χ0n) is 11.5. The number of aryl methyl sites for hydroxylation is 1. The van der Waals surface area contributed by atoms with E-state index in [0.29, 0.717) is 5.88 Å². The van der Waals surface area contributed by atoms with Crippen molar-refractivity contribution >= 4 is 0 Å². The van der Waals surface area contributed by atoms with E-state index in [1.165, 1.54) is 5.56 Å². The Bertz CT molecular complexity index is 521. The number of nitrogens with two attached hydrogens (primary N) is 1. The number of nitrogens with zero attached hydrogens (tertiary/aromatic N) is 1. The van der Waals surface area contributed by atoms with Gasteiger partial charge >= 0.3 is 0 Å². The summed E-state index contributed by atoms with van der Waals surface area (Å²) in [4.78, 5) is 4.30. The molecule has 0 saturated carbocycles. The van der Waals surface area contributed by atoms with Gasteiger partial charge in [0.2, 0.25) is 5.88 Å². The standard InChI is InChI=1S/C16H20N2O/c1-3-13-5-4-6-15(10-13)19-16-8-7-14(11-18-16)9-12(2)17/h4-8,10-12H,3,9,17H2,1-2H3. The Kier molecular flexibility index (Phi) is 4.53. The summed E-state index contributed by atoms with van der Waals surface area (Å²) in [5.41, 5.74) is 8.14. The Labute approximate surface area is 114 Å². The predicted molar refractivity (Wildman–Crippen MR) is 77.5 cm³/mol. The Balaban J connectivity index is 2.06. The van der Waals surface area contributed by atoms with Crippen molar-refractivity contribution in [2.75, 3.05) is 0 Å². The second kappa shape index (κ2) is 6.34. The molecule has 1 atom stereocenters. The summed E-state index contributed by atoms with van der Waals surface area (Å²) in [6.45, 7) is 4.11. The van der Waals surface area contributed by atoms with Crippen molar-refractivity contribution in [2.24, 2.45) is 5.73 Å². The largest absolute Gasteiger partial charge is 0.439 e. The van der Waals surface area contributed by atoms with E-state index < -0.39 is 0 Å². The van der Waals surface area contributed by atoms with Crippen LogP contribution in [0.5, 0.6) is 11.6 Å². The first kappa shape index (κ1) is 13.6. The molecule has 0 fully saturated rings. The van der Waals surface area contributed by atoms with Gasteiger partial charge < -0.3 is 10.5 Å². The highest BCUT2D eigenvalue weighted by molar-refractivity contribution is 5.32. The number of pyridine rings is 1. The van der Waals surface area contributed by atoms with Crippen molar-refractivity contribution in [1.82, 2.24) is 4.98 Å². The molecule has 1 aromatic heterocycles. The van der Waals surface area contributed by atoms with Crippen LogP contribution in [0.3, 0.4) is 0 Å². The highest BCUT2D eigenvalue weighted by Crippen LogP contribution is 2.20. The lowest BCUT2D eigenvalue weighted by Crippen LogP contribution is -2.17. The Morgan fingerprint density at radius 1 is 1.21 bits per heavy atom. The second-order valence-corrected chi connectivity index (χ2v) is 4.79. The molecule has 2 aromatic rings. The van der Waals surface area contributed by atoms with Crippen LogP contribution < -0.4 is 10.5 Å². The minimum Gasteiger partial charge on any atom is -0.439 e. The fourth-order valence-electron chi connectivity index (χ4n) is 1.91. The van der Waals surface area contributed by atoms with Gasteiger partial charge in [0, 0.05) is 18.3 Å². The van der Waals surface area contributed by atoms with Gasteiger partial charge in [0.25, 0.3) is 0 Å². The number of ether oxygens (including phenoxy) is 1. The van der Waals surface area contributed by atoms with Gasteiger partial charge in [0.15, 0.2) is 0 Å². The van der Waals surface area contributed by atoms with Crippen LogP contribution >= 0.6 is 0 Å². The first-order chi connectivity index (χ1) is 9.17. The van der Waals surface area contributed by atoms with Crippen LogP contribution in [0.1, 0.15) is 25.0 Å². The minimum absolute atomic E-state index is 0.148.